The lowest BCUT2D eigenvalue weighted by atomic mass is 10.2. The average Bonchev–Trinajstić information content (AvgIpc) is 3.00. The van der Waals surface area contributed by atoms with Crippen molar-refractivity contribution in [3.05, 3.63) is 29.8 Å². The Morgan fingerprint density at radius 2 is 1.86 bits per heavy atom. The van der Waals surface area contributed by atoms with Crippen LogP contribution in [0.25, 0.3) is 0 Å². The van der Waals surface area contributed by atoms with Crippen LogP contribution in [0.4, 0.5) is 5.69 Å². The van der Waals surface area contributed by atoms with E-state index >= 15 is 0 Å². The van der Waals surface area contributed by atoms with E-state index in [9.17, 15) is 9.59 Å². The molecule has 22 heavy (non-hydrogen) atoms. The first-order valence-electron chi connectivity index (χ1n) is 7.83. The van der Waals surface area contributed by atoms with E-state index in [0.717, 1.165) is 24.1 Å². The lowest BCUT2D eigenvalue weighted by Crippen LogP contribution is -2.38. The second-order valence-electron chi connectivity index (χ2n) is 5.86. The molecule has 1 atom stereocenters. The topological polar surface area (TPSA) is 58.2 Å². The van der Waals surface area contributed by atoms with Crippen LogP contribution in [-0.4, -0.2) is 28.9 Å². The molecule has 1 aromatic rings. The molecule has 1 aliphatic rings. The quantitative estimate of drug-likeness (QED) is 0.847. The molecule has 1 aromatic carbocycles. The minimum absolute atomic E-state index is 0.0417. The zero-order valence-corrected chi connectivity index (χ0v) is 14.0. The van der Waals surface area contributed by atoms with Crippen LogP contribution < -0.4 is 10.6 Å². The van der Waals surface area contributed by atoms with Crippen molar-refractivity contribution in [2.24, 2.45) is 0 Å². The molecule has 5 heteroatoms. The van der Waals surface area contributed by atoms with Gasteiger partial charge in [-0.2, -0.15) is 0 Å². The van der Waals surface area contributed by atoms with E-state index in [4.69, 9.17) is 0 Å². The maximum atomic E-state index is 12.0. The summed E-state index contributed by atoms with van der Waals surface area (Å²) in [7, 11) is 0. The first-order valence-corrected chi connectivity index (χ1v) is 8.88. The Kier molecular flexibility index (Phi) is 6.31. The van der Waals surface area contributed by atoms with Gasteiger partial charge in [-0.1, -0.05) is 30.5 Å². The Morgan fingerprint density at radius 3 is 2.50 bits per heavy atom. The Morgan fingerprint density at radius 1 is 1.23 bits per heavy atom. The Bertz CT molecular complexity index is 510. The minimum atomic E-state index is -0.204. The summed E-state index contributed by atoms with van der Waals surface area (Å²) in [5, 5.41) is 5.71. The standard InChI is InChI=1S/C17H24N2O2S/c1-12-7-9-15(10-8-12)18-16(20)11-22-13(2)17(21)19-14-5-3-4-6-14/h7-10,13-14H,3-6,11H2,1-2H3,(H,18,20)(H,19,21)/t13-/m0/s1. The van der Waals surface area contributed by atoms with E-state index in [1.54, 1.807) is 0 Å². The molecule has 2 amide bonds. The van der Waals surface area contributed by atoms with Crippen LogP contribution in [0.5, 0.6) is 0 Å². The largest absolute Gasteiger partial charge is 0.352 e. The van der Waals surface area contributed by atoms with Gasteiger partial charge < -0.3 is 10.6 Å². The van der Waals surface area contributed by atoms with Gasteiger partial charge in [-0.15, -0.1) is 11.8 Å². The summed E-state index contributed by atoms with van der Waals surface area (Å²) in [5.41, 5.74) is 1.95. The highest BCUT2D eigenvalue weighted by molar-refractivity contribution is 8.01. The van der Waals surface area contributed by atoms with Crippen molar-refractivity contribution in [2.45, 2.75) is 50.8 Å². The molecule has 0 aromatic heterocycles. The summed E-state index contributed by atoms with van der Waals surface area (Å²) in [6.07, 6.45) is 4.56. The summed E-state index contributed by atoms with van der Waals surface area (Å²) >= 11 is 1.37. The molecule has 0 saturated heterocycles. The number of hydrogen-bond donors (Lipinski definition) is 2. The molecule has 120 valence electrons. The van der Waals surface area contributed by atoms with Crippen molar-refractivity contribution in [3.8, 4) is 0 Å². The SMILES string of the molecule is Cc1ccc(NC(=O)CS[C@@H](C)C(=O)NC2CCCC2)cc1. The number of aryl methyl sites for hydroxylation is 1. The minimum Gasteiger partial charge on any atom is -0.352 e. The van der Waals surface area contributed by atoms with E-state index in [-0.39, 0.29) is 22.8 Å². The second-order valence-corrected chi connectivity index (χ2v) is 7.19. The molecule has 2 rings (SSSR count). The Hall–Kier alpha value is -1.49. The molecule has 1 aliphatic carbocycles. The first-order chi connectivity index (χ1) is 10.5. The molecule has 0 unspecified atom stereocenters. The van der Waals surface area contributed by atoms with Gasteiger partial charge in [-0.05, 0) is 38.8 Å². The van der Waals surface area contributed by atoms with Crippen LogP contribution in [0.1, 0.15) is 38.2 Å². The second kappa shape index (κ2) is 8.22. The highest BCUT2D eigenvalue weighted by Crippen LogP contribution is 2.19. The molecule has 0 radical (unpaired) electrons. The van der Waals surface area contributed by atoms with E-state index in [1.807, 2.05) is 38.1 Å². The zero-order chi connectivity index (χ0) is 15.9. The third kappa shape index (κ3) is 5.37. The highest BCUT2D eigenvalue weighted by Gasteiger charge is 2.21. The van der Waals surface area contributed by atoms with Crippen LogP contribution in [-0.2, 0) is 9.59 Å². The van der Waals surface area contributed by atoms with Gasteiger partial charge in [0.25, 0.3) is 0 Å². The number of hydrogen-bond acceptors (Lipinski definition) is 3. The number of carbonyl (C=O) groups excluding carboxylic acids is 2. The monoisotopic (exact) mass is 320 g/mol. The molecule has 0 heterocycles. The lowest BCUT2D eigenvalue weighted by Gasteiger charge is -2.16. The average molecular weight is 320 g/mol. The van der Waals surface area contributed by atoms with Crippen LogP contribution in [0.2, 0.25) is 0 Å². The Balaban J connectivity index is 1.70. The van der Waals surface area contributed by atoms with Crippen molar-refractivity contribution in [1.82, 2.24) is 5.32 Å². The summed E-state index contributed by atoms with van der Waals surface area (Å²) in [5.74, 6) is 0.252. The molecule has 1 fully saturated rings. The van der Waals surface area contributed by atoms with Gasteiger partial charge in [0.05, 0.1) is 11.0 Å². The third-order valence-corrected chi connectivity index (χ3v) is 5.01. The highest BCUT2D eigenvalue weighted by atomic mass is 32.2. The third-order valence-electron chi connectivity index (χ3n) is 3.87. The van der Waals surface area contributed by atoms with Crippen molar-refractivity contribution in [3.63, 3.8) is 0 Å². The smallest absolute Gasteiger partial charge is 0.234 e. The lowest BCUT2D eigenvalue weighted by molar-refractivity contribution is -0.120. The van der Waals surface area contributed by atoms with Crippen LogP contribution in [0.15, 0.2) is 24.3 Å². The molecule has 0 aliphatic heterocycles. The number of anilines is 1. The van der Waals surface area contributed by atoms with Gasteiger partial charge >= 0.3 is 0 Å². The number of benzene rings is 1. The summed E-state index contributed by atoms with van der Waals surface area (Å²) in [6, 6.07) is 8.01. The number of nitrogens with one attached hydrogen (secondary N) is 2. The van der Waals surface area contributed by atoms with Gasteiger partial charge in [-0.25, -0.2) is 0 Å². The molecule has 4 nitrogen and oxygen atoms in total. The molecule has 1 saturated carbocycles. The molecule has 0 spiro atoms. The van der Waals surface area contributed by atoms with E-state index in [1.165, 1.54) is 24.6 Å². The van der Waals surface area contributed by atoms with E-state index < -0.39 is 0 Å². The molecule has 2 N–H and O–H groups in total. The van der Waals surface area contributed by atoms with Gasteiger partial charge in [0.15, 0.2) is 0 Å². The van der Waals surface area contributed by atoms with Gasteiger partial charge in [0.2, 0.25) is 11.8 Å². The molecular weight excluding hydrogens is 296 g/mol. The maximum Gasteiger partial charge on any atom is 0.234 e. The number of carbonyl (C=O) groups is 2. The molecular formula is C17H24N2O2S. The van der Waals surface area contributed by atoms with E-state index in [0.29, 0.717) is 6.04 Å². The fourth-order valence-electron chi connectivity index (χ4n) is 2.50. The molecule has 0 bridgehead atoms. The predicted molar refractivity (Wildman–Crippen MR) is 92.1 cm³/mol. The van der Waals surface area contributed by atoms with Gasteiger partial charge in [0.1, 0.15) is 0 Å². The summed E-state index contributed by atoms with van der Waals surface area (Å²) in [6.45, 7) is 3.86. The summed E-state index contributed by atoms with van der Waals surface area (Å²) < 4.78 is 0. The number of rotatable bonds is 6. The fourth-order valence-corrected chi connectivity index (χ4v) is 3.19. The number of amides is 2. The van der Waals surface area contributed by atoms with E-state index in [2.05, 4.69) is 10.6 Å². The van der Waals surface area contributed by atoms with Crippen molar-refractivity contribution < 1.29 is 9.59 Å². The normalized spacial score (nSPS) is 16.3. The maximum absolute atomic E-state index is 12.0. The van der Waals surface area contributed by atoms with Crippen molar-refractivity contribution in [1.29, 1.82) is 0 Å². The van der Waals surface area contributed by atoms with Crippen molar-refractivity contribution >= 4 is 29.3 Å². The zero-order valence-electron chi connectivity index (χ0n) is 13.2. The fraction of sp³-hybridized carbons (Fsp3) is 0.529. The van der Waals surface area contributed by atoms with Gasteiger partial charge in [-0.3, -0.25) is 9.59 Å². The summed E-state index contributed by atoms with van der Waals surface area (Å²) in [4.78, 5) is 23.9. The van der Waals surface area contributed by atoms with Crippen LogP contribution >= 0.6 is 11.8 Å². The Labute approximate surface area is 136 Å². The van der Waals surface area contributed by atoms with Crippen molar-refractivity contribution in [2.75, 3.05) is 11.1 Å². The van der Waals surface area contributed by atoms with Crippen LogP contribution in [0, 0.1) is 6.92 Å². The predicted octanol–water partition coefficient (Wildman–Crippen LogP) is 3.11. The van der Waals surface area contributed by atoms with Crippen LogP contribution in [0.3, 0.4) is 0 Å². The number of thioether (sulfide) groups is 1. The first kappa shape index (κ1) is 16.9. The van der Waals surface area contributed by atoms with Gasteiger partial charge in [0, 0.05) is 11.7 Å².